The van der Waals surface area contributed by atoms with Crippen LogP contribution < -0.4 is 4.74 Å². The Morgan fingerprint density at radius 2 is 1.89 bits per heavy atom. The highest BCUT2D eigenvalue weighted by Gasteiger charge is 2.11. The van der Waals surface area contributed by atoms with Crippen molar-refractivity contribution in [3.05, 3.63) is 40.3 Å². The molecule has 0 aliphatic rings. The second kappa shape index (κ2) is 5.70. The lowest BCUT2D eigenvalue weighted by molar-refractivity contribution is 0.415. The molecule has 0 unspecified atom stereocenters. The second-order valence-corrected chi connectivity index (χ2v) is 5.49. The van der Waals surface area contributed by atoms with E-state index in [9.17, 15) is 0 Å². The van der Waals surface area contributed by atoms with E-state index in [0.29, 0.717) is 10.7 Å². The lowest BCUT2D eigenvalue weighted by Crippen LogP contribution is -1.96. The first-order chi connectivity index (χ1) is 9.01. The summed E-state index contributed by atoms with van der Waals surface area (Å²) >= 11 is 3.33. The monoisotopic (exact) mass is 320 g/mol. The number of aryl methyl sites for hydroxylation is 1. The smallest absolute Gasteiger partial charge is 0.197 e. The summed E-state index contributed by atoms with van der Waals surface area (Å²) in [7, 11) is 1.69. The molecule has 0 saturated carbocycles. The normalized spacial score (nSPS) is 10.8. The summed E-state index contributed by atoms with van der Waals surface area (Å²) in [6.45, 7) is 6.28. The van der Waals surface area contributed by atoms with Crippen LogP contribution in [0.25, 0.3) is 11.3 Å². The van der Waals surface area contributed by atoms with E-state index in [1.165, 1.54) is 5.56 Å². The van der Waals surface area contributed by atoms with Crippen LogP contribution in [0, 0.1) is 6.92 Å². The van der Waals surface area contributed by atoms with E-state index in [2.05, 4.69) is 57.9 Å². The van der Waals surface area contributed by atoms with Gasteiger partial charge in [-0.3, -0.25) is 0 Å². The maximum atomic E-state index is 5.49. The van der Waals surface area contributed by atoms with Crippen LogP contribution >= 0.6 is 15.9 Å². The largest absolute Gasteiger partial charge is 0.496 e. The lowest BCUT2D eigenvalue weighted by Gasteiger charge is -2.12. The first-order valence-electron chi connectivity index (χ1n) is 6.20. The van der Waals surface area contributed by atoms with Crippen molar-refractivity contribution in [2.75, 3.05) is 7.11 Å². The number of benzene rings is 1. The van der Waals surface area contributed by atoms with Crippen molar-refractivity contribution in [1.29, 1.82) is 0 Å². The van der Waals surface area contributed by atoms with Crippen LogP contribution in [0.2, 0.25) is 0 Å². The van der Waals surface area contributed by atoms with E-state index in [1.807, 2.05) is 13.0 Å². The number of nitrogens with zero attached hydrogens (tertiary/aromatic N) is 2. The van der Waals surface area contributed by atoms with Crippen LogP contribution in [0.5, 0.6) is 5.75 Å². The van der Waals surface area contributed by atoms with Gasteiger partial charge in [0, 0.05) is 11.3 Å². The van der Waals surface area contributed by atoms with Crippen LogP contribution in [0.15, 0.2) is 29.0 Å². The van der Waals surface area contributed by atoms with E-state index in [-0.39, 0.29) is 0 Å². The summed E-state index contributed by atoms with van der Waals surface area (Å²) in [4.78, 5) is 8.64. The third-order valence-electron chi connectivity index (χ3n) is 3.00. The van der Waals surface area contributed by atoms with Gasteiger partial charge in [0.15, 0.2) is 4.73 Å². The third kappa shape index (κ3) is 3.13. The van der Waals surface area contributed by atoms with E-state index in [4.69, 9.17) is 4.74 Å². The van der Waals surface area contributed by atoms with Crippen molar-refractivity contribution in [2.45, 2.75) is 26.7 Å². The van der Waals surface area contributed by atoms with Crippen molar-refractivity contribution in [3.63, 3.8) is 0 Å². The maximum Gasteiger partial charge on any atom is 0.197 e. The van der Waals surface area contributed by atoms with E-state index < -0.39 is 0 Å². The van der Waals surface area contributed by atoms with Gasteiger partial charge >= 0.3 is 0 Å². The molecule has 0 atom stereocenters. The fourth-order valence-electron chi connectivity index (χ4n) is 1.95. The first kappa shape index (κ1) is 14.0. The summed E-state index contributed by atoms with van der Waals surface area (Å²) in [6.07, 6.45) is 0. The molecule has 0 aliphatic heterocycles. The molecule has 1 aromatic heterocycles. The van der Waals surface area contributed by atoms with Crippen LogP contribution in [-0.4, -0.2) is 17.1 Å². The Balaban J connectivity index is 2.55. The molecule has 0 saturated heterocycles. The highest BCUT2D eigenvalue weighted by Crippen LogP contribution is 2.32. The quantitative estimate of drug-likeness (QED) is 0.789. The Bertz CT molecular complexity index is 576. The number of rotatable bonds is 3. The summed E-state index contributed by atoms with van der Waals surface area (Å²) in [5, 5.41) is 0. The number of hydrogen-bond donors (Lipinski definition) is 0. The van der Waals surface area contributed by atoms with Crippen molar-refractivity contribution in [1.82, 2.24) is 9.97 Å². The van der Waals surface area contributed by atoms with Crippen LogP contribution in [0.3, 0.4) is 0 Å². The fraction of sp³-hybridized carbons (Fsp3) is 0.333. The number of methoxy groups -OCH3 is 1. The Morgan fingerprint density at radius 1 is 1.16 bits per heavy atom. The molecule has 0 N–H and O–H groups in total. The molecule has 0 aliphatic carbocycles. The minimum Gasteiger partial charge on any atom is -0.496 e. The van der Waals surface area contributed by atoms with Gasteiger partial charge in [-0.15, -0.1) is 0 Å². The Labute approximate surface area is 122 Å². The molecular formula is C15H17BrN2O. The minimum absolute atomic E-state index is 0.474. The molecule has 3 nitrogen and oxygen atoms in total. The average Bonchev–Trinajstić information content (AvgIpc) is 2.36. The van der Waals surface area contributed by atoms with Crippen molar-refractivity contribution in [3.8, 4) is 17.0 Å². The zero-order chi connectivity index (χ0) is 14.0. The zero-order valence-electron chi connectivity index (χ0n) is 11.6. The number of ether oxygens (including phenoxy) is 1. The summed E-state index contributed by atoms with van der Waals surface area (Å²) < 4.78 is 6.09. The van der Waals surface area contributed by atoms with Gasteiger partial charge in [-0.25, -0.2) is 9.97 Å². The fourth-order valence-corrected chi connectivity index (χ4v) is 2.42. The van der Waals surface area contributed by atoms with Gasteiger partial charge in [0.05, 0.1) is 12.8 Å². The van der Waals surface area contributed by atoms with Gasteiger partial charge in [-0.2, -0.15) is 0 Å². The van der Waals surface area contributed by atoms with E-state index in [0.717, 1.165) is 22.7 Å². The Kier molecular flexibility index (Phi) is 4.20. The predicted molar refractivity (Wildman–Crippen MR) is 80.5 cm³/mol. The number of aromatic nitrogens is 2. The number of halogens is 1. The van der Waals surface area contributed by atoms with Gasteiger partial charge in [-0.05, 0) is 52.5 Å². The molecule has 0 spiro atoms. The standard InChI is InChI=1S/C15H17BrN2O/c1-9(2)11-5-6-12(14(8-11)19-4)13-7-10(3)17-15(16)18-13/h5-9H,1-4H3. The summed E-state index contributed by atoms with van der Waals surface area (Å²) in [6, 6.07) is 8.21. The van der Waals surface area contributed by atoms with Gasteiger partial charge in [0.25, 0.3) is 0 Å². The minimum atomic E-state index is 0.474. The van der Waals surface area contributed by atoms with E-state index >= 15 is 0 Å². The molecule has 0 amide bonds. The zero-order valence-corrected chi connectivity index (χ0v) is 13.2. The average molecular weight is 321 g/mol. The highest BCUT2D eigenvalue weighted by molar-refractivity contribution is 9.10. The summed E-state index contributed by atoms with van der Waals surface area (Å²) in [5.74, 6) is 1.32. The molecule has 2 rings (SSSR count). The topological polar surface area (TPSA) is 35.0 Å². The predicted octanol–water partition coefficient (Wildman–Crippen LogP) is 4.35. The maximum absolute atomic E-state index is 5.49. The van der Waals surface area contributed by atoms with Crippen LogP contribution in [-0.2, 0) is 0 Å². The Hall–Kier alpha value is -1.42. The van der Waals surface area contributed by atoms with Crippen LogP contribution in [0.4, 0.5) is 0 Å². The first-order valence-corrected chi connectivity index (χ1v) is 7.00. The molecule has 4 heteroatoms. The molecule has 2 aromatic rings. The molecule has 100 valence electrons. The molecule has 0 fully saturated rings. The molecular weight excluding hydrogens is 304 g/mol. The molecule has 0 bridgehead atoms. The molecule has 1 aromatic carbocycles. The van der Waals surface area contributed by atoms with Crippen molar-refractivity contribution < 1.29 is 4.74 Å². The Morgan fingerprint density at radius 3 is 2.47 bits per heavy atom. The third-order valence-corrected chi connectivity index (χ3v) is 3.35. The van der Waals surface area contributed by atoms with Crippen molar-refractivity contribution in [2.24, 2.45) is 0 Å². The lowest BCUT2D eigenvalue weighted by atomic mass is 9.99. The SMILES string of the molecule is COc1cc(C(C)C)ccc1-c1cc(C)nc(Br)n1. The molecule has 0 radical (unpaired) electrons. The van der Waals surface area contributed by atoms with Gasteiger partial charge in [-0.1, -0.05) is 19.9 Å². The van der Waals surface area contributed by atoms with Crippen LogP contribution in [0.1, 0.15) is 31.0 Å². The van der Waals surface area contributed by atoms with Gasteiger partial charge in [0.1, 0.15) is 5.75 Å². The second-order valence-electron chi connectivity index (χ2n) is 4.78. The van der Waals surface area contributed by atoms with Gasteiger partial charge in [0.2, 0.25) is 0 Å². The van der Waals surface area contributed by atoms with Gasteiger partial charge < -0.3 is 4.74 Å². The highest BCUT2D eigenvalue weighted by atomic mass is 79.9. The molecule has 1 heterocycles. The van der Waals surface area contributed by atoms with E-state index in [1.54, 1.807) is 7.11 Å². The number of hydrogen-bond acceptors (Lipinski definition) is 3. The van der Waals surface area contributed by atoms with Crippen molar-refractivity contribution >= 4 is 15.9 Å². The molecule has 19 heavy (non-hydrogen) atoms. The summed E-state index contributed by atoms with van der Waals surface area (Å²) in [5.41, 5.74) is 4.03.